The molecule has 1 atom stereocenters. The van der Waals surface area contributed by atoms with Crippen molar-refractivity contribution in [1.29, 1.82) is 0 Å². The molecule has 0 aliphatic rings. The van der Waals surface area contributed by atoms with Crippen molar-refractivity contribution in [2.45, 2.75) is 24.9 Å². The van der Waals surface area contributed by atoms with E-state index in [9.17, 15) is 9.59 Å². The summed E-state index contributed by atoms with van der Waals surface area (Å²) in [5.41, 5.74) is 2.97. The maximum absolute atomic E-state index is 12.5. The molecule has 0 saturated heterocycles. The van der Waals surface area contributed by atoms with E-state index in [4.69, 9.17) is 11.6 Å². The first-order valence-electron chi connectivity index (χ1n) is 8.32. The molecule has 4 nitrogen and oxygen atoms in total. The number of nitrogens with zero attached hydrogens (tertiary/aromatic N) is 1. The highest BCUT2D eigenvalue weighted by Crippen LogP contribution is 2.20. The summed E-state index contributed by atoms with van der Waals surface area (Å²) in [7, 11) is 1.65. The molecule has 0 aliphatic heterocycles. The quantitative estimate of drug-likeness (QED) is 0.763. The molecule has 26 heavy (non-hydrogen) atoms. The Balaban J connectivity index is 1.80. The van der Waals surface area contributed by atoms with Gasteiger partial charge in [0.15, 0.2) is 0 Å². The van der Waals surface area contributed by atoms with Crippen LogP contribution in [-0.4, -0.2) is 35.6 Å². The molecule has 0 heterocycles. The monoisotopic (exact) mass is 390 g/mol. The lowest BCUT2D eigenvalue weighted by atomic mass is 10.2. The fourth-order valence-electron chi connectivity index (χ4n) is 2.31. The third-order valence-electron chi connectivity index (χ3n) is 3.85. The van der Waals surface area contributed by atoms with Gasteiger partial charge in [-0.2, -0.15) is 0 Å². The van der Waals surface area contributed by atoms with Crippen LogP contribution in [0, 0.1) is 6.92 Å². The van der Waals surface area contributed by atoms with E-state index in [0.29, 0.717) is 10.8 Å². The van der Waals surface area contributed by atoms with Gasteiger partial charge in [-0.1, -0.05) is 41.4 Å². The number of hydrogen-bond donors (Lipinski definition) is 1. The number of anilines is 1. The normalized spacial score (nSPS) is 11.7. The van der Waals surface area contributed by atoms with Gasteiger partial charge in [-0.05, 0) is 43.7 Å². The molecule has 0 radical (unpaired) electrons. The first-order chi connectivity index (χ1) is 12.3. The zero-order chi connectivity index (χ0) is 19.1. The minimum Gasteiger partial charge on any atom is -0.335 e. The standard InChI is InChI=1S/C20H23ClN2O2S/c1-14-4-10-18(11-5-14)22-19(24)12-23(3)20(25)15(2)26-13-16-6-8-17(21)9-7-16/h4-11,15H,12-13H2,1-3H3,(H,22,24)/t15-/m0/s1. The second-order valence-corrected chi connectivity index (χ2v) is 7.95. The molecule has 0 aromatic heterocycles. The summed E-state index contributed by atoms with van der Waals surface area (Å²) >= 11 is 7.41. The molecule has 2 rings (SSSR count). The number of thioether (sulfide) groups is 1. The molecule has 0 saturated carbocycles. The van der Waals surface area contributed by atoms with Crippen LogP contribution in [0.2, 0.25) is 5.02 Å². The molecule has 6 heteroatoms. The van der Waals surface area contributed by atoms with Crippen molar-refractivity contribution in [3.8, 4) is 0 Å². The minimum atomic E-state index is -0.233. The maximum atomic E-state index is 12.5. The van der Waals surface area contributed by atoms with Gasteiger partial charge in [0.2, 0.25) is 11.8 Å². The second kappa shape index (κ2) is 9.64. The number of carbonyl (C=O) groups excluding carboxylic acids is 2. The van der Waals surface area contributed by atoms with Crippen molar-refractivity contribution in [1.82, 2.24) is 4.90 Å². The predicted octanol–water partition coefficient (Wildman–Crippen LogP) is 4.37. The molecular weight excluding hydrogens is 368 g/mol. The van der Waals surface area contributed by atoms with Gasteiger partial charge in [-0.25, -0.2) is 0 Å². The Morgan fingerprint density at radius 3 is 2.35 bits per heavy atom. The second-order valence-electron chi connectivity index (χ2n) is 6.19. The van der Waals surface area contributed by atoms with E-state index in [2.05, 4.69) is 5.32 Å². The van der Waals surface area contributed by atoms with Crippen molar-refractivity contribution < 1.29 is 9.59 Å². The molecule has 0 spiro atoms. The van der Waals surface area contributed by atoms with Crippen LogP contribution in [0.5, 0.6) is 0 Å². The van der Waals surface area contributed by atoms with Crippen LogP contribution in [0.3, 0.4) is 0 Å². The Morgan fingerprint density at radius 2 is 1.73 bits per heavy atom. The molecule has 138 valence electrons. The number of benzene rings is 2. The van der Waals surface area contributed by atoms with Crippen molar-refractivity contribution in [2.75, 3.05) is 18.9 Å². The van der Waals surface area contributed by atoms with Crippen LogP contribution in [-0.2, 0) is 15.3 Å². The highest BCUT2D eigenvalue weighted by atomic mass is 35.5. The van der Waals surface area contributed by atoms with E-state index in [1.165, 1.54) is 16.7 Å². The number of nitrogens with one attached hydrogen (secondary N) is 1. The molecule has 0 aliphatic carbocycles. The number of hydrogen-bond acceptors (Lipinski definition) is 3. The van der Waals surface area contributed by atoms with Crippen molar-refractivity contribution >= 4 is 40.9 Å². The maximum Gasteiger partial charge on any atom is 0.243 e. The summed E-state index contributed by atoms with van der Waals surface area (Å²) < 4.78 is 0. The van der Waals surface area contributed by atoms with E-state index in [0.717, 1.165) is 16.8 Å². The Hall–Kier alpha value is -1.98. The molecule has 0 unspecified atom stereocenters. The van der Waals surface area contributed by atoms with Gasteiger partial charge in [0.25, 0.3) is 0 Å². The Bertz CT molecular complexity index is 747. The fourth-order valence-corrected chi connectivity index (χ4v) is 3.40. The first kappa shape index (κ1) is 20.3. The largest absolute Gasteiger partial charge is 0.335 e. The van der Waals surface area contributed by atoms with Gasteiger partial charge < -0.3 is 10.2 Å². The molecule has 0 fully saturated rings. The molecule has 2 aromatic carbocycles. The third-order valence-corrected chi connectivity index (χ3v) is 5.31. The Kier molecular flexibility index (Phi) is 7.54. The summed E-state index contributed by atoms with van der Waals surface area (Å²) in [6, 6.07) is 15.1. The summed E-state index contributed by atoms with van der Waals surface area (Å²) in [5.74, 6) is 0.440. The van der Waals surface area contributed by atoms with Gasteiger partial charge in [0, 0.05) is 23.5 Å². The smallest absolute Gasteiger partial charge is 0.243 e. The van der Waals surface area contributed by atoms with Crippen LogP contribution < -0.4 is 5.32 Å². The van der Waals surface area contributed by atoms with Crippen LogP contribution in [0.25, 0.3) is 0 Å². The van der Waals surface area contributed by atoms with Crippen LogP contribution in [0.15, 0.2) is 48.5 Å². The lowest BCUT2D eigenvalue weighted by molar-refractivity contribution is -0.132. The predicted molar refractivity (Wildman–Crippen MR) is 110 cm³/mol. The molecule has 2 amide bonds. The molecule has 1 N–H and O–H groups in total. The number of halogens is 1. The van der Waals surface area contributed by atoms with Gasteiger partial charge in [0.1, 0.15) is 0 Å². The first-order valence-corrected chi connectivity index (χ1v) is 9.75. The minimum absolute atomic E-state index is 0.0263. The van der Waals surface area contributed by atoms with Gasteiger partial charge in [0.05, 0.1) is 11.8 Å². The topological polar surface area (TPSA) is 49.4 Å². The Labute approximate surface area is 163 Å². The highest BCUT2D eigenvalue weighted by Gasteiger charge is 2.20. The van der Waals surface area contributed by atoms with Crippen LogP contribution in [0.4, 0.5) is 5.69 Å². The van der Waals surface area contributed by atoms with E-state index < -0.39 is 0 Å². The average molecular weight is 391 g/mol. The van der Waals surface area contributed by atoms with Gasteiger partial charge >= 0.3 is 0 Å². The Morgan fingerprint density at radius 1 is 1.12 bits per heavy atom. The summed E-state index contributed by atoms with van der Waals surface area (Å²) in [6.45, 7) is 3.87. The van der Waals surface area contributed by atoms with Crippen molar-refractivity contribution in [3.05, 3.63) is 64.7 Å². The van der Waals surface area contributed by atoms with Crippen molar-refractivity contribution in [3.63, 3.8) is 0 Å². The summed E-state index contributed by atoms with van der Waals surface area (Å²) in [6.07, 6.45) is 0. The van der Waals surface area contributed by atoms with Crippen molar-refractivity contribution in [2.24, 2.45) is 0 Å². The highest BCUT2D eigenvalue weighted by molar-refractivity contribution is 7.99. The number of rotatable bonds is 7. The van der Waals surface area contributed by atoms with Crippen LogP contribution in [0.1, 0.15) is 18.1 Å². The summed E-state index contributed by atoms with van der Waals surface area (Å²) in [4.78, 5) is 26.0. The third kappa shape index (κ3) is 6.39. The van der Waals surface area contributed by atoms with E-state index >= 15 is 0 Å². The average Bonchev–Trinajstić information content (AvgIpc) is 2.62. The zero-order valence-corrected chi connectivity index (χ0v) is 16.7. The van der Waals surface area contributed by atoms with Gasteiger partial charge in [-0.3, -0.25) is 9.59 Å². The molecule has 0 bridgehead atoms. The number of aryl methyl sites for hydroxylation is 1. The SMILES string of the molecule is Cc1ccc(NC(=O)CN(C)C(=O)[C@H](C)SCc2ccc(Cl)cc2)cc1. The molecular formula is C20H23ClN2O2S. The van der Waals surface area contributed by atoms with E-state index in [-0.39, 0.29) is 23.6 Å². The molecule has 2 aromatic rings. The number of likely N-dealkylation sites (N-methyl/N-ethyl adjacent to an activating group) is 1. The summed E-state index contributed by atoms with van der Waals surface area (Å²) in [5, 5.41) is 3.27. The number of carbonyl (C=O) groups is 2. The number of amides is 2. The lowest BCUT2D eigenvalue weighted by Gasteiger charge is -2.20. The van der Waals surface area contributed by atoms with E-state index in [1.807, 2.05) is 62.4 Å². The van der Waals surface area contributed by atoms with Crippen LogP contribution >= 0.6 is 23.4 Å². The lowest BCUT2D eigenvalue weighted by Crippen LogP contribution is -2.39. The zero-order valence-electron chi connectivity index (χ0n) is 15.2. The van der Waals surface area contributed by atoms with E-state index in [1.54, 1.807) is 7.05 Å². The fraction of sp³-hybridized carbons (Fsp3) is 0.300. The van der Waals surface area contributed by atoms with Gasteiger partial charge in [-0.15, -0.1) is 11.8 Å².